The first-order chi connectivity index (χ1) is 5.17. The molecule has 0 radical (unpaired) electrons. The highest BCUT2D eigenvalue weighted by Gasteiger charge is 2.21. The van der Waals surface area contributed by atoms with E-state index in [1.165, 1.54) is 6.33 Å². The van der Waals surface area contributed by atoms with Gasteiger partial charge in [-0.05, 0) is 20.4 Å². The summed E-state index contributed by atoms with van der Waals surface area (Å²) in [5.41, 5.74) is -0.106. The summed E-state index contributed by atoms with van der Waals surface area (Å²) in [5.74, 6) is 0.874. The standard InChI is InChI=1S/C7H14N4/c1-4-9-7(2,3)6-8-5-10-11-6/h5,9H,4H2,1-3H3,(H,8,10,11). The first-order valence-electron chi connectivity index (χ1n) is 3.77. The van der Waals surface area contributed by atoms with Gasteiger partial charge in [-0.15, -0.1) is 0 Å². The molecule has 62 valence electrons. The van der Waals surface area contributed by atoms with Gasteiger partial charge in [0.15, 0.2) is 0 Å². The second-order valence-electron chi connectivity index (χ2n) is 2.99. The van der Waals surface area contributed by atoms with E-state index in [9.17, 15) is 0 Å². The van der Waals surface area contributed by atoms with E-state index in [1.807, 2.05) is 0 Å². The molecule has 0 unspecified atom stereocenters. The summed E-state index contributed by atoms with van der Waals surface area (Å²) in [6.07, 6.45) is 1.52. The zero-order chi connectivity index (χ0) is 8.32. The third-order valence-corrected chi connectivity index (χ3v) is 1.63. The van der Waals surface area contributed by atoms with Crippen molar-refractivity contribution in [3.8, 4) is 0 Å². The molecule has 4 heteroatoms. The van der Waals surface area contributed by atoms with Crippen molar-refractivity contribution >= 4 is 0 Å². The van der Waals surface area contributed by atoms with Crippen LogP contribution in [-0.4, -0.2) is 21.7 Å². The Kier molecular flexibility index (Phi) is 2.24. The zero-order valence-electron chi connectivity index (χ0n) is 7.18. The minimum absolute atomic E-state index is 0.106. The lowest BCUT2D eigenvalue weighted by atomic mass is 10.1. The fraction of sp³-hybridized carbons (Fsp3) is 0.714. The average Bonchev–Trinajstić information content (AvgIpc) is 2.37. The monoisotopic (exact) mass is 154 g/mol. The minimum Gasteiger partial charge on any atom is -0.306 e. The second kappa shape index (κ2) is 3.00. The van der Waals surface area contributed by atoms with Gasteiger partial charge in [-0.3, -0.25) is 5.10 Å². The van der Waals surface area contributed by atoms with E-state index in [2.05, 4.69) is 41.3 Å². The first kappa shape index (κ1) is 8.20. The molecule has 0 bridgehead atoms. The van der Waals surface area contributed by atoms with E-state index in [4.69, 9.17) is 0 Å². The topological polar surface area (TPSA) is 53.6 Å². The van der Waals surface area contributed by atoms with E-state index < -0.39 is 0 Å². The smallest absolute Gasteiger partial charge is 0.143 e. The highest BCUT2D eigenvalue weighted by atomic mass is 15.2. The van der Waals surface area contributed by atoms with Crippen LogP contribution in [0.3, 0.4) is 0 Å². The van der Waals surface area contributed by atoms with Crippen molar-refractivity contribution in [2.75, 3.05) is 6.54 Å². The van der Waals surface area contributed by atoms with Crippen molar-refractivity contribution in [1.29, 1.82) is 0 Å². The molecule has 0 saturated heterocycles. The predicted octanol–water partition coefficient (Wildman–Crippen LogP) is 0.649. The molecule has 11 heavy (non-hydrogen) atoms. The molecule has 0 spiro atoms. The Bertz CT molecular complexity index is 202. The highest BCUT2D eigenvalue weighted by molar-refractivity contribution is 4.98. The molecule has 0 aliphatic heterocycles. The molecule has 0 amide bonds. The highest BCUT2D eigenvalue weighted by Crippen LogP contribution is 2.13. The van der Waals surface area contributed by atoms with Crippen LogP contribution in [0.2, 0.25) is 0 Å². The van der Waals surface area contributed by atoms with Gasteiger partial charge in [0, 0.05) is 0 Å². The van der Waals surface area contributed by atoms with Crippen molar-refractivity contribution < 1.29 is 0 Å². The Morgan fingerprint density at radius 3 is 2.82 bits per heavy atom. The van der Waals surface area contributed by atoms with Crippen molar-refractivity contribution in [3.05, 3.63) is 12.2 Å². The molecule has 1 heterocycles. The van der Waals surface area contributed by atoms with E-state index in [0.29, 0.717) is 0 Å². The Labute approximate surface area is 66.4 Å². The first-order valence-corrected chi connectivity index (χ1v) is 3.77. The number of hydrogen-bond acceptors (Lipinski definition) is 3. The molecule has 1 aromatic heterocycles. The van der Waals surface area contributed by atoms with Gasteiger partial charge in [0.2, 0.25) is 0 Å². The normalized spacial score (nSPS) is 11.9. The molecule has 1 rings (SSSR count). The number of nitrogens with zero attached hydrogens (tertiary/aromatic N) is 2. The summed E-state index contributed by atoms with van der Waals surface area (Å²) in [5, 5.41) is 9.92. The predicted molar refractivity (Wildman–Crippen MR) is 43.1 cm³/mol. The Balaban J connectivity index is 2.73. The van der Waals surface area contributed by atoms with Crippen molar-refractivity contribution in [2.24, 2.45) is 0 Å². The molecule has 1 aromatic rings. The van der Waals surface area contributed by atoms with E-state index >= 15 is 0 Å². The van der Waals surface area contributed by atoms with Crippen LogP contribution in [0.15, 0.2) is 6.33 Å². The second-order valence-corrected chi connectivity index (χ2v) is 2.99. The number of rotatable bonds is 3. The summed E-state index contributed by atoms with van der Waals surface area (Å²) in [6.45, 7) is 7.12. The number of hydrogen-bond donors (Lipinski definition) is 2. The molecule has 0 atom stereocenters. The largest absolute Gasteiger partial charge is 0.306 e. The van der Waals surface area contributed by atoms with Crippen molar-refractivity contribution in [3.63, 3.8) is 0 Å². The summed E-state index contributed by atoms with van der Waals surface area (Å²) in [7, 11) is 0. The molecular weight excluding hydrogens is 140 g/mol. The Morgan fingerprint density at radius 1 is 1.64 bits per heavy atom. The van der Waals surface area contributed by atoms with Crippen molar-refractivity contribution in [1.82, 2.24) is 20.5 Å². The fourth-order valence-corrected chi connectivity index (χ4v) is 1.03. The third-order valence-electron chi connectivity index (χ3n) is 1.63. The van der Waals surface area contributed by atoms with E-state index in [0.717, 1.165) is 12.4 Å². The molecule has 0 saturated carbocycles. The maximum Gasteiger partial charge on any atom is 0.143 e. The number of aromatic nitrogens is 3. The van der Waals surface area contributed by atoms with Crippen LogP contribution in [0, 0.1) is 0 Å². The molecule has 0 aromatic carbocycles. The molecule has 0 aliphatic carbocycles. The number of H-pyrrole nitrogens is 1. The summed E-state index contributed by atoms with van der Waals surface area (Å²) in [4.78, 5) is 4.08. The average molecular weight is 154 g/mol. The van der Waals surface area contributed by atoms with Gasteiger partial charge < -0.3 is 5.32 Å². The van der Waals surface area contributed by atoms with Crippen LogP contribution >= 0.6 is 0 Å². The maximum absolute atomic E-state index is 4.08. The van der Waals surface area contributed by atoms with E-state index in [-0.39, 0.29) is 5.54 Å². The molecule has 2 N–H and O–H groups in total. The van der Waals surface area contributed by atoms with Gasteiger partial charge in [-0.25, -0.2) is 4.98 Å². The van der Waals surface area contributed by atoms with Crippen LogP contribution in [0.4, 0.5) is 0 Å². The maximum atomic E-state index is 4.08. The van der Waals surface area contributed by atoms with Crippen LogP contribution in [0.25, 0.3) is 0 Å². The third kappa shape index (κ3) is 1.77. The summed E-state index contributed by atoms with van der Waals surface area (Å²) in [6, 6.07) is 0. The number of aromatic amines is 1. The van der Waals surface area contributed by atoms with Gasteiger partial charge in [-0.2, -0.15) is 5.10 Å². The lowest BCUT2D eigenvalue weighted by Gasteiger charge is -2.22. The number of nitrogens with one attached hydrogen (secondary N) is 2. The van der Waals surface area contributed by atoms with Crippen molar-refractivity contribution in [2.45, 2.75) is 26.3 Å². The minimum atomic E-state index is -0.106. The zero-order valence-corrected chi connectivity index (χ0v) is 7.18. The van der Waals surface area contributed by atoms with Gasteiger partial charge in [0.1, 0.15) is 12.2 Å². The molecule has 4 nitrogen and oxygen atoms in total. The van der Waals surface area contributed by atoms with Crippen LogP contribution in [0.1, 0.15) is 26.6 Å². The molecule has 0 fully saturated rings. The Morgan fingerprint density at radius 2 is 2.36 bits per heavy atom. The lowest BCUT2D eigenvalue weighted by molar-refractivity contribution is 0.392. The quantitative estimate of drug-likeness (QED) is 0.672. The molecular formula is C7H14N4. The SMILES string of the molecule is CCNC(C)(C)c1ncn[nH]1. The van der Waals surface area contributed by atoms with Crippen LogP contribution in [0.5, 0.6) is 0 Å². The Hall–Kier alpha value is -0.900. The van der Waals surface area contributed by atoms with Gasteiger partial charge >= 0.3 is 0 Å². The fourth-order valence-electron chi connectivity index (χ4n) is 1.03. The van der Waals surface area contributed by atoms with E-state index in [1.54, 1.807) is 0 Å². The van der Waals surface area contributed by atoms with Crippen LogP contribution < -0.4 is 5.32 Å². The summed E-state index contributed by atoms with van der Waals surface area (Å²) >= 11 is 0. The molecule has 0 aliphatic rings. The van der Waals surface area contributed by atoms with Crippen LogP contribution in [-0.2, 0) is 5.54 Å². The van der Waals surface area contributed by atoms with Gasteiger partial charge in [0.25, 0.3) is 0 Å². The van der Waals surface area contributed by atoms with Gasteiger partial charge in [0.05, 0.1) is 5.54 Å². The van der Waals surface area contributed by atoms with Gasteiger partial charge in [-0.1, -0.05) is 6.92 Å². The summed E-state index contributed by atoms with van der Waals surface area (Å²) < 4.78 is 0. The lowest BCUT2D eigenvalue weighted by Crippen LogP contribution is -2.37.